The molecule has 3 rings (SSSR count). The van der Waals surface area contributed by atoms with E-state index in [0.29, 0.717) is 6.54 Å². The van der Waals surface area contributed by atoms with Gasteiger partial charge >= 0.3 is 0 Å². The maximum Gasteiger partial charge on any atom is 0.240 e. The average molecular weight is 356 g/mol. The molecule has 2 aromatic carbocycles. The maximum absolute atomic E-state index is 12.4. The van der Waals surface area contributed by atoms with Crippen LogP contribution >= 0.6 is 0 Å². The Morgan fingerprint density at radius 1 is 1.20 bits per heavy atom. The Bertz CT molecular complexity index is 858. The number of fused-ring (bicyclic) bond motifs is 1. The predicted octanol–water partition coefficient (Wildman–Crippen LogP) is 3.58. The molecule has 0 aromatic heterocycles. The first-order chi connectivity index (χ1) is 12.0. The fourth-order valence-electron chi connectivity index (χ4n) is 3.21. The second kappa shape index (κ2) is 7.42. The van der Waals surface area contributed by atoms with Crippen molar-refractivity contribution in [2.75, 3.05) is 18.0 Å². The van der Waals surface area contributed by atoms with Gasteiger partial charge in [0.15, 0.2) is 0 Å². The van der Waals surface area contributed by atoms with Crippen molar-refractivity contribution >= 4 is 21.8 Å². The van der Waals surface area contributed by atoms with Crippen LogP contribution in [0.5, 0.6) is 0 Å². The molecule has 5 heteroatoms. The lowest BCUT2D eigenvalue weighted by atomic mass is 9.99. The summed E-state index contributed by atoms with van der Waals surface area (Å²) in [5, 5.41) is 0. The highest BCUT2D eigenvalue weighted by atomic mass is 32.2. The molecular formula is C20H24N2O2S. The summed E-state index contributed by atoms with van der Waals surface area (Å²) in [5.74, 6) is 0. The van der Waals surface area contributed by atoms with E-state index in [1.165, 1.54) is 11.3 Å². The number of nitrogens with zero attached hydrogens (tertiary/aromatic N) is 1. The molecule has 1 N–H and O–H groups in total. The summed E-state index contributed by atoms with van der Waals surface area (Å²) in [6, 6.07) is 13.0. The van der Waals surface area contributed by atoms with E-state index in [-0.39, 0.29) is 4.90 Å². The van der Waals surface area contributed by atoms with Crippen molar-refractivity contribution in [2.45, 2.75) is 31.2 Å². The number of rotatable bonds is 6. The molecule has 1 heterocycles. The van der Waals surface area contributed by atoms with Crippen LogP contribution in [0.25, 0.3) is 6.08 Å². The number of sulfonamides is 1. The molecule has 4 nitrogen and oxygen atoms in total. The smallest absolute Gasteiger partial charge is 0.240 e. The first-order valence-electron chi connectivity index (χ1n) is 8.62. The zero-order valence-electron chi connectivity index (χ0n) is 14.5. The van der Waals surface area contributed by atoms with E-state index in [9.17, 15) is 8.42 Å². The van der Waals surface area contributed by atoms with Crippen molar-refractivity contribution in [1.29, 1.82) is 0 Å². The first kappa shape index (κ1) is 17.7. The van der Waals surface area contributed by atoms with Gasteiger partial charge in [-0.05, 0) is 54.7 Å². The minimum atomic E-state index is -3.51. The molecule has 1 aliphatic heterocycles. The lowest BCUT2D eigenvalue weighted by Crippen LogP contribution is -2.29. The van der Waals surface area contributed by atoms with Gasteiger partial charge in [0, 0.05) is 25.3 Å². The molecule has 25 heavy (non-hydrogen) atoms. The van der Waals surface area contributed by atoms with Crippen LogP contribution in [0.1, 0.15) is 30.0 Å². The van der Waals surface area contributed by atoms with E-state index in [1.807, 2.05) is 6.07 Å². The normalized spacial score (nSPS) is 14.2. The SMILES string of the molecule is C=Cc1ccc(S(=O)(=O)NCc2ccc3c(c2)CCCN3CC)cc1. The number of hydrogen-bond donors (Lipinski definition) is 1. The van der Waals surface area contributed by atoms with Crippen LogP contribution in [0, 0.1) is 0 Å². The van der Waals surface area contributed by atoms with Crippen LogP contribution in [0.3, 0.4) is 0 Å². The zero-order valence-corrected chi connectivity index (χ0v) is 15.3. The van der Waals surface area contributed by atoms with Gasteiger partial charge in [-0.3, -0.25) is 0 Å². The molecule has 0 radical (unpaired) electrons. The van der Waals surface area contributed by atoms with E-state index in [1.54, 1.807) is 30.3 Å². The summed E-state index contributed by atoms with van der Waals surface area (Å²) in [4.78, 5) is 2.64. The third-order valence-electron chi connectivity index (χ3n) is 4.63. The monoisotopic (exact) mass is 356 g/mol. The molecule has 0 atom stereocenters. The summed E-state index contributed by atoms with van der Waals surface area (Å²) in [5.41, 5.74) is 4.47. The van der Waals surface area contributed by atoms with Gasteiger partial charge in [-0.15, -0.1) is 0 Å². The van der Waals surface area contributed by atoms with E-state index < -0.39 is 10.0 Å². The predicted molar refractivity (Wildman–Crippen MR) is 103 cm³/mol. The fraction of sp³-hybridized carbons (Fsp3) is 0.300. The van der Waals surface area contributed by atoms with Crippen LogP contribution in [-0.2, 0) is 23.0 Å². The van der Waals surface area contributed by atoms with Crippen molar-refractivity contribution in [3.63, 3.8) is 0 Å². The lowest BCUT2D eigenvalue weighted by molar-refractivity contribution is 0.581. The Morgan fingerprint density at radius 3 is 2.64 bits per heavy atom. The third-order valence-corrected chi connectivity index (χ3v) is 6.05. The molecule has 0 fully saturated rings. The molecule has 2 aromatic rings. The molecule has 0 amide bonds. The van der Waals surface area contributed by atoms with E-state index in [4.69, 9.17) is 0 Å². The number of hydrogen-bond acceptors (Lipinski definition) is 3. The third kappa shape index (κ3) is 3.94. The second-order valence-corrected chi connectivity index (χ2v) is 8.01. The molecule has 0 saturated heterocycles. The van der Waals surface area contributed by atoms with Crippen molar-refractivity contribution in [1.82, 2.24) is 4.72 Å². The number of benzene rings is 2. The lowest BCUT2D eigenvalue weighted by Gasteiger charge is -2.30. The number of anilines is 1. The van der Waals surface area contributed by atoms with Gasteiger partial charge in [0.25, 0.3) is 0 Å². The van der Waals surface area contributed by atoms with Gasteiger partial charge in [0.1, 0.15) is 0 Å². The standard InChI is InChI=1S/C20H24N2O2S/c1-3-16-7-10-19(11-8-16)25(23,24)21-15-17-9-12-20-18(14-17)6-5-13-22(20)4-2/h3,7-12,14,21H,1,4-6,13,15H2,2H3. The topological polar surface area (TPSA) is 49.4 Å². The molecule has 0 saturated carbocycles. The van der Waals surface area contributed by atoms with Crippen LogP contribution in [0.15, 0.2) is 53.9 Å². The Labute approximate surface area is 150 Å². The summed E-state index contributed by atoms with van der Waals surface area (Å²) >= 11 is 0. The fourth-order valence-corrected chi connectivity index (χ4v) is 4.23. The van der Waals surface area contributed by atoms with E-state index in [0.717, 1.165) is 37.1 Å². The van der Waals surface area contributed by atoms with Gasteiger partial charge in [0.05, 0.1) is 4.90 Å². The van der Waals surface area contributed by atoms with Crippen LogP contribution in [0.4, 0.5) is 5.69 Å². The number of nitrogens with one attached hydrogen (secondary N) is 1. The molecule has 0 spiro atoms. The summed E-state index contributed by atoms with van der Waals surface area (Å²) in [7, 11) is -3.51. The van der Waals surface area contributed by atoms with Gasteiger partial charge in [-0.25, -0.2) is 13.1 Å². The van der Waals surface area contributed by atoms with Crippen molar-refractivity contribution in [3.05, 3.63) is 65.7 Å². The molecule has 0 aliphatic carbocycles. The summed E-state index contributed by atoms with van der Waals surface area (Å²) < 4.78 is 27.6. The minimum absolute atomic E-state index is 0.271. The van der Waals surface area contributed by atoms with Gasteiger partial charge in [0.2, 0.25) is 10.0 Å². The Hall–Kier alpha value is -2.11. The van der Waals surface area contributed by atoms with Crippen LogP contribution in [-0.4, -0.2) is 21.5 Å². The summed E-state index contributed by atoms with van der Waals surface area (Å²) in [6.07, 6.45) is 3.89. The zero-order chi connectivity index (χ0) is 17.9. The maximum atomic E-state index is 12.4. The van der Waals surface area contributed by atoms with Gasteiger partial charge < -0.3 is 4.90 Å². The van der Waals surface area contributed by atoms with Crippen LogP contribution < -0.4 is 9.62 Å². The second-order valence-electron chi connectivity index (χ2n) is 6.24. The Kier molecular flexibility index (Phi) is 5.25. The molecule has 1 aliphatic rings. The molecular weight excluding hydrogens is 332 g/mol. The van der Waals surface area contributed by atoms with Crippen molar-refractivity contribution in [2.24, 2.45) is 0 Å². The largest absolute Gasteiger partial charge is 0.372 e. The highest BCUT2D eigenvalue weighted by Gasteiger charge is 2.17. The molecule has 0 bridgehead atoms. The minimum Gasteiger partial charge on any atom is -0.372 e. The van der Waals surface area contributed by atoms with Crippen molar-refractivity contribution in [3.8, 4) is 0 Å². The summed E-state index contributed by atoms with van der Waals surface area (Å²) in [6.45, 7) is 8.23. The van der Waals surface area contributed by atoms with Gasteiger partial charge in [-0.1, -0.05) is 36.9 Å². The molecule has 0 unspecified atom stereocenters. The van der Waals surface area contributed by atoms with E-state index >= 15 is 0 Å². The van der Waals surface area contributed by atoms with E-state index in [2.05, 4.69) is 35.3 Å². The number of aryl methyl sites for hydroxylation is 1. The Balaban J connectivity index is 1.73. The highest BCUT2D eigenvalue weighted by molar-refractivity contribution is 7.89. The van der Waals surface area contributed by atoms with Crippen LogP contribution in [0.2, 0.25) is 0 Å². The Morgan fingerprint density at radius 2 is 1.96 bits per heavy atom. The van der Waals surface area contributed by atoms with Crippen molar-refractivity contribution < 1.29 is 8.42 Å². The molecule has 132 valence electrons. The van der Waals surface area contributed by atoms with Gasteiger partial charge in [-0.2, -0.15) is 0 Å². The highest BCUT2D eigenvalue weighted by Crippen LogP contribution is 2.27. The average Bonchev–Trinajstić information content (AvgIpc) is 2.65. The first-order valence-corrected chi connectivity index (χ1v) is 10.1. The quantitative estimate of drug-likeness (QED) is 0.861.